The van der Waals surface area contributed by atoms with Crippen LogP contribution in [0.15, 0.2) is 12.1 Å². The highest BCUT2D eigenvalue weighted by Crippen LogP contribution is 2.37. The molecular formula is C12H16O3. The van der Waals surface area contributed by atoms with Crippen LogP contribution < -0.4 is 4.74 Å². The van der Waals surface area contributed by atoms with Gasteiger partial charge in [-0.2, -0.15) is 0 Å². The van der Waals surface area contributed by atoms with Crippen molar-refractivity contribution in [2.45, 2.75) is 26.2 Å². The molecule has 3 heteroatoms. The molecule has 0 bridgehead atoms. The van der Waals surface area contributed by atoms with Gasteiger partial charge in [0.2, 0.25) is 0 Å². The van der Waals surface area contributed by atoms with Crippen LogP contribution in [0.2, 0.25) is 0 Å². The quantitative estimate of drug-likeness (QED) is 0.773. The van der Waals surface area contributed by atoms with E-state index in [9.17, 15) is 9.90 Å². The van der Waals surface area contributed by atoms with Gasteiger partial charge in [-0.15, -0.1) is 0 Å². The normalized spacial score (nSPS) is 12.2. The summed E-state index contributed by atoms with van der Waals surface area (Å²) in [5, 5.41) is 9.93. The molecule has 1 aromatic rings. The fraction of sp³-hybridized carbons (Fsp3) is 0.417. The predicted molar refractivity (Wildman–Crippen MR) is 58.5 cm³/mol. The van der Waals surface area contributed by atoms with Gasteiger partial charge < -0.3 is 14.6 Å². The summed E-state index contributed by atoms with van der Waals surface area (Å²) in [6.07, 6.45) is 1.26. The molecule has 0 aliphatic carbocycles. The molecule has 0 fully saturated rings. The van der Waals surface area contributed by atoms with Crippen LogP contribution in [0, 0.1) is 6.92 Å². The zero-order chi connectivity index (χ0) is 11.4. The summed E-state index contributed by atoms with van der Waals surface area (Å²) >= 11 is 0. The molecule has 0 saturated carbocycles. The summed E-state index contributed by atoms with van der Waals surface area (Å²) in [6.45, 7) is 3.77. The fourth-order valence-corrected chi connectivity index (χ4v) is 1.61. The second-order valence-electron chi connectivity index (χ2n) is 3.66. The number of aldehydes is 1. The number of carbonyl (C=O) groups excluding carboxylic acids is 1. The summed E-state index contributed by atoms with van der Waals surface area (Å²) < 4.78 is 5.11. The van der Waals surface area contributed by atoms with Gasteiger partial charge in [0.05, 0.1) is 7.11 Å². The lowest BCUT2D eigenvalue weighted by Crippen LogP contribution is -1.98. The van der Waals surface area contributed by atoms with E-state index in [1.807, 2.05) is 26.0 Å². The number of hydrogen-bond donors (Lipinski definition) is 1. The number of hydrogen-bond acceptors (Lipinski definition) is 3. The molecule has 82 valence electrons. The smallest absolute Gasteiger partial charge is 0.163 e. The zero-order valence-corrected chi connectivity index (χ0v) is 9.28. The van der Waals surface area contributed by atoms with Crippen molar-refractivity contribution in [1.82, 2.24) is 0 Å². The van der Waals surface area contributed by atoms with E-state index in [0.717, 1.165) is 17.4 Å². The number of carbonyl (C=O) groups is 1. The highest BCUT2D eigenvalue weighted by atomic mass is 16.5. The van der Waals surface area contributed by atoms with E-state index in [4.69, 9.17) is 4.74 Å². The minimum absolute atomic E-state index is 0.0111. The molecule has 0 saturated heterocycles. The number of aromatic hydroxyl groups is 1. The third-order valence-electron chi connectivity index (χ3n) is 2.54. The highest BCUT2D eigenvalue weighted by molar-refractivity contribution is 5.56. The molecule has 1 aromatic carbocycles. The maximum Gasteiger partial charge on any atom is 0.163 e. The molecular weight excluding hydrogens is 192 g/mol. The molecule has 0 amide bonds. The van der Waals surface area contributed by atoms with Crippen LogP contribution in [0.1, 0.15) is 30.4 Å². The Kier molecular flexibility index (Phi) is 3.72. The van der Waals surface area contributed by atoms with E-state index < -0.39 is 0 Å². The third-order valence-corrected chi connectivity index (χ3v) is 2.54. The van der Waals surface area contributed by atoms with Gasteiger partial charge in [-0.25, -0.2) is 0 Å². The minimum atomic E-state index is 0.0111. The zero-order valence-electron chi connectivity index (χ0n) is 9.28. The van der Waals surface area contributed by atoms with Crippen LogP contribution in [0.4, 0.5) is 0 Å². The standard InChI is InChI=1S/C12H16O3/c1-8(6-7-13)10-5-4-9(2)12(15-3)11(10)14/h4-5,7-8,14H,6H2,1-3H3. The molecule has 1 unspecified atom stereocenters. The number of benzene rings is 1. The molecule has 1 atom stereocenters. The summed E-state index contributed by atoms with van der Waals surface area (Å²) in [7, 11) is 1.52. The number of ether oxygens (including phenoxy) is 1. The van der Waals surface area contributed by atoms with Crippen molar-refractivity contribution in [1.29, 1.82) is 0 Å². The Morgan fingerprint density at radius 3 is 2.73 bits per heavy atom. The fourth-order valence-electron chi connectivity index (χ4n) is 1.61. The second-order valence-corrected chi connectivity index (χ2v) is 3.66. The lowest BCUT2D eigenvalue weighted by Gasteiger charge is -2.14. The molecule has 0 radical (unpaired) electrons. The van der Waals surface area contributed by atoms with Crippen LogP contribution >= 0.6 is 0 Å². The van der Waals surface area contributed by atoms with Gasteiger partial charge in [0.25, 0.3) is 0 Å². The molecule has 3 nitrogen and oxygen atoms in total. The Morgan fingerprint density at radius 1 is 1.53 bits per heavy atom. The number of phenols is 1. The maximum absolute atomic E-state index is 10.4. The Labute approximate surface area is 89.7 Å². The molecule has 0 spiro atoms. The second kappa shape index (κ2) is 4.82. The van der Waals surface area contributed by atoms with Crippen molar-refractivity contribution < 1.29 is 14.6 Å². The van der Waals surface area contributed by atoms with Gasteiger partial charge >= 0.3 is 0 Å². The molecule has 0 aliphatic heterocycles. The van der Waals surface area contributed by atoms with E-state index in [0.29, 0.717) is 12.2 Å². The van der Waals surface area contributed by atoms with Gasteiger partial charge in [-0.1, -0.05) is 19.1 Å². The molecule has 15 heavy (non-hydrogen) atoms. The first kappa shape index (κ1) is 11.6. The van der Waals surface area contributed by atoms with Crippen molar-refractivity contribution in [3.05, 3.63) is 23.3 Å². The summed E-state index contributed by atoms with van der Waals surface area (Å²) in [6, 6.07) is 3.72. The Bertz CT molecular complexity index is 358. The van der Waals surface area contributed by atoms with Crippen molar-refractivity contribution in [3.8, 4) is 11.5 Å². The van der Waals surface area contributed by atoms with Crippen LogP contribution in [-0.2, 0) is 4.79 Å². The first-order chi connectivity index (χ1) is 7.11. The molecule has 0 aromatic heterocycles. The predicted octanol–water partition coefficient (Wildman–Crippen LogP) is 2.40. The summed E-state index contributed by atoms with van der Waals surface area (Å²) in [4.78, 5) is 10.4. The van der Waals surface area contributed by atoms with Gasteiger partial charge in [0, 0.05) is 12.0 Å². The van der Waals surface area contributed by atoms with E-state index in [1.54, 1.807) is 0 Å². The van der Waals surface area contributed by atoms with E-state index in [2.05, 4.69) is 0 Å². The minimum Gasteiger partial charge on any atom is -0.504 e. The Hall–Kier alpha value is -1.51. The Morgan fingerprint density at radius 2 is 2.20 bits per heavy atom. The number of methoxy groups -OCH3 is 1. The van der Waals surface area contributed by atoms with Crippen molar-refractivity contribution in [2.75, 3.05) is 7.11 Å². The SMILES string of the molecule is COc1c(C)ccc(C(C)CC=O)c1O. The van der Waals surface area contributed by atoms with Gasteiger partial charge in [0.1, 0.15) is 6.29 Å². The van der Waals surface area contributed by atoms with E-state index >= 15 is 0 Å². The van der Waals surface area contributed by atoms with Crippen LogP contribution in [0.3, 0.4) is 0 Å². The largest absolute Gasteiger partial charge is 0.504 e. The maximum atomic E-state index is 10.4. The number of phenolic OH excluding ortho intramolecular Hbond substituents is 1. The van der Waals surface area contributed by atoms with Crippen molar-refractivity contribution in [3.63, 3.8) is 0 Å². The van der Waals surface area contributed by atoms with Crippen LogP contribution in [0.5, 0.6) is 11.5 Å². The first-order valence-electron chi connectivity index (χ1n) is 4.91. The lowest BCUT2D eigenvalue weighted by atomic mass is 9.96. The van der Waals surface area contributed by atoms with E-state index in [-0.39, 0.29) is 11.7 Å². The van der Waals surface area contributed by atoms with Crippen molar-refractivity contribution >= 4 is 6.29 Å². The number of rotatable bonds is 4. The number of aryl methyl sites for hydroxylation is 1. The average Bonchev–Trinajstić information content (AvgIpc) is 2.18. The third kappa shape index (κ3) is 2.29. The molecule has 1 rings (SSSR count). The summed E-state index contributed by atoms with van der Waals surface area (Å²) in [5.74, 6) is 0.647. The average molecular weight is 208 g/mol. The summed E-state index contributed by atoms with van der Waals surface area (Å²) in [5.41, 5.74) is 1.64. The van der Waals surface area contributed by atoms with Crippen LogP contribution in [0.25, 0.3) is 0 Å². The van der Waals surface area contributed by atoms with Crippen LogP contribution in [-0.4, -0.2) is 18.5 Å². The van der Waals surface area contributed by atoms with Gasteiger partial charge in [-0.3, -0.25) is 0 Å². The molecule has 0 aliphatic rings. The monoisotopic (exact) mass is 208 g/mol. The molecule has 1 N–H and O–H groups in total. The topological polar surface area (TPSA) is 46.5 Å². The van der Waals surface area contributed by atoms with Gasteiger partial charge in [0.15, 0.2) is 11.5 Å². The highest BCUT2D eigenvalue weighted by Gasteiger charge is 2.15. The van der Waals surface area contributed by atoms with Crippen molar-refractivity contribution in [2.24, 2.45) is 0 Å². The lowest BCUT2D eigenvalue weighted by molar-refractivity contribution is -0.108. The van der Waals surface area contributed by atoms with E-state index in [1.165, 1.54) is 7.11 Å². The molecule has 0 heterocycles. The van der Waals surface area contributed by atoms with Gasteiger partial charge in [-0.05, 0) is 18.4 Å². The first-order valence-corrected chi connectivity index (χ1v) is 4.91. The Balaban J connectivity index is 3.14.